The molecular formula is C17H19ClN2O3S. The maximum atomic E-state index is 12.2. The first-order valence-corrected chi connectivity index (χ1v) is 9.28. The predicted molar refractivity (Wildman–Crippen MR) is 94.2 cm³/mol. The van der Waals surface area contributed by atoms with Crippen molar-refractivity contribution in [2.24, 2.45) is 0 Å². The minimum Gasteiger partial charge on any atom is -0.341 e. The molecule has 2 aromatic rings. The Morgan fingerprint density at radius 1 is 1.08 bits per heavy atom. The number of carbonyl (C=O) groups is 1. The molecule has 0 bridgehead atoms. The quantitative estimate of drug-likeness (QED) is 0.819. The van der Waals surface area contributed by atoms with Crippen molar-refractivity contribution >= 4 is 27.5 Å². The van der Waals surface area contributed by atoms with Crippen LogP contribution in [0.3, 0.4) is 0 Å². The second kappa shape index (κ2) is 8.28. The van der Waals surface area contributed by atoms with Crippen molar-refractivity contribution in [1.29, 1.82) is 0 Å². The van der Waals surface area contributed by atoms with Crippen LogP contribution in [-0.4, -0.2) is 32.8 Å². The zero-order chi connectivity index (χ0) is 17.6. The van der Waals surface area contributed by atoms with Crippen molar-refractivity contribution in [3.63, 3.8) is 0 Å². The lowest BCUT2D eigenvalue weighted by molar-refractivity contribution is -0.130. The predicted octanol–water partition coefficient (Wildman–Crippen LogP) is 2.67. The summed E-state index contributed by atoms with van der Waals surface area (Å²) in [4.78, 5) is 13.7. The average Bonchev–Trinajstić information content (AvgIpc) is 2.55. The number of nitrogens with one attached hydrogen (secondary N) is 1. The van der Waals surface area contributed by atoms with Gasteiger partial charge in [-0.2, -0.15) is 0 Å². The number of sulfonamides is 1. The molecule has 0 saturated heterocycles. The largest absolute Gasteiger partial charge is 0.341 e. The molecule has 0 aliphatic carbocycles. The van der Waals surface area contributed by atoms with Crippen LogP contribution in [0, 0.1) is 0 Å². The van der Waals surface area contributed by atoms with Gasteiger partial charge in [0.15, 0.2) is 0 Å². The minimum atomic E-state index is -3.72. The Hall–Kier alpha value is -1.89. The Balaban J connectivity index is 1.87. The maximum Gasteiger partial charge on any atom is 0.242 e. The summed E-state index contributed by atoms with van der Waals surface area (Å²) in [5.41, 5.74) is 1.02. The molecule has 1 N–H and O–H groups in total. The first-order valence-electron chi connectivity index (χ1n) is 7.42. The van der Waals surface area contributed by atoms with Crippen LogP contribution in [0.1, 0.15) is 12.0 Å². The number of rotatable bonds is 7. The third kappa shape index (κ3) is 5.06. The van der Waals surface area contributed by atoms with Crippen LogP contribution in [0.15, 0.2) is 59.5 Å². The Labute approximate surface area is 147 Å². The lowest BCUT2D eigenvalue weighted by atomic mass is 10.2. The molecule has 1 amide bonds. The second-order valence-corrected chi connectivity index (χ2v) is 7.46. The van der Waals surface area contributed by atoms with Crippen LogP contribution >= 0.6 is 11.6 Å². The highest BCUT2D eigenvalue weighted by Crippen LogP contribution is 2.20. The first kappa shape index (κ1) is 18.4. The molecule has 0 aromatic heterocycles. The van der Waals surface area contributed by atoms with Crippen LogP contribution < -0.4 is 4.72 Å². The molecule has 7 heteroatoms. The van der Waals surface area contributed by atoms with Crippen molar-refractivity contribution < 1.29 is 13.2 Å². The highest BCUT2D eigenvalue weighted by molar-refractivity contribution is 7.89. The molecule has 0 radical (unpaired) electrons. The lowest BCUT2D eigenvalue weighted by Crippen LogP contribution is -2.32. The van der Waals surface area contributed by atoms with E-state index in [1.165, 1.54) is 12.1 Å². The topological polar surface area (TPSA) is 66.5 Å². The standard InChI is InChI=1S/C17H19ClN2O3S/c1-20(13-14-7-3-2-4-8-14)17(21)11-12-19-24(22,23)16-10-6-5-9-15(16)18/h2-10,19H,11-13H2,1H3. The van der Waals surface area contributed by atoms with Gasteiger partial charge in [0.25, 0.3) is 0 Å². The van der Waals surface area contributed by atoms with E-state index in [-0.39, 0.29) is 28.8 Å². The molecule has 0 aliphatic rings. The summed E-state index contributed by atoms with van der Waals surface area (Å²) < 4.78 is 26.8. The Kier molecular flexibility index (Phi) is 6.36. The summed E-state index contributed by atoms with van der Waals surface area (Å²) >= 11 is 5.90. The van der Waals surface area contributed by atoms with Crippen molar-refractivity contribution in [3.05, 3.63) is 65.2 Å². The highest BCUT2D eigenvalue weighted by Gasteiger charge is 2.18. The minimum absolute atomic E-state index is 0.0109. The summed E-state index contributed by atoms with van der Waals surface area (Å²) in [6.07, 6.45) is 0.0764. The number of amides is 1. The monoisotopic (exact) mass is 366 g/mol. The molecule has 0 aliphatic heterocycles. The number of hydrogen-bond acceptors (Lipinski definition) is 3. The summed E-state index contributed by atoms with van der Waals surface area (Å²) in [5.74, 6) is -0.138. The van der Waals surface area contributed by atoms with Crippen molar-refractivity contribution in [3.8, 4) is 0 Å². The summed E-state index contributed by atoms with van der Waals surface area (Å²) in [6, 6.07) is 15.8. The molecule has 128 valence electrons. The average molecular weight is 367 g/mol. The Morgan fingerprint density at radius 3 is 2.38 bits per heavy atom. The highest BCUT2D eigenvalue weighted by atomic mass is 35.5. The van der Waals surface area contributed by atoms with Gasteiger partial charge in [0.2, 0.25) is 15.9 Å². The zero-order valence-corrected chi connectivity index (χ0v) is 14.8. The van der Waals surface area contributed by atoms with Crippen molar-refractivity contribution in [1.82, 2.24) is 9.62 Å². The fourth-order valence-electron chi connectivity index (χ4n) is 2.17. The molecule has 5 nitrogen and oxygen atoms in total. The van der Waals surface area contributed by atoms with Gasteiger partial charge in [0.05, 0.1) is 5.02 Å². The number of hydrogen-bond donors (Lipinski definition) is 1. The van der Waals surface area contributed by atoms with Crippen LogP contribution in [-0.2, 0) is 21.4 Å². The van der Waals surface area contributed by atoms with Gasteiger partial charge in [0, 0.05) is 26.6 Å². The summed E-state index contributed by atoms with van der Waals surface area (Å²) in [5, 5.41) is 0.150. The van der Waals surface area contributed by atoms with Gasteiger partial charge in [0.1, 0.15) is 4.90 Å². The van der Waals surface area contributed by atoms with Gasteiger partial charge in [-0.25, -0.2) is 13.1 Å². The van der Waals surface area contributed by atoms with E-state index in [4.69, 9.17) is 11.6 Å². The second-order valence-electron chi connectivity index (χ2n) is 5.31. The fourth-order valence-corrected chi connectivity index (χ4v) is 3.72. The van der Waals surface area contributed by atoms with E-state index in [1.54, 1.807) is 24.1 Å². The van der Waals surface area contributed by atoms with Crippen LogP contribution in [0.5, 0.6) is 0 Å². The molecular weight excluding hydrogens is 348 g/mol. The number of nitrogens with zero attached hydrogens (tertiary/aromatic N) is 1. The van der Waals surface area contributed by atoms with Crippen LogP contribution in [0.4, 0.5) is 0 Å². The third-order valence-electron chi connectivity index (χ3n) is 3.45. The molecule has 0 spiro atoms. The zero-order valence-electron chi connectivity index (χ0n) is 13.3. The fraction of sp³-hybridized carbons (Fsp3) is 0.235. The summed E-state index contributed by atoms with van der Waals surface area (Å²) in [7, 11) is -2.03. The molecule has 24 heavy (non-hydrogen) atoms. The number of carbonyl (C=O) groups excluding carboxylic acids is 1. The van der Waals surface area contributed by atoms with E-state index in [0.29, 0.717) is 6.54 Å². The molecule has 0 saturated carbocycles. The molecule has 0 unspecified atom stereocenters. The van der Waals surface area contributed by atoms with Crippen molar-refractivity contribution in [2.75, 3.05) is 13.6 Å². The van der Waals surface area contributed by atoms with E-state index in [2.05, 4.69) is 4.72 Å². The van der Waals surface area contributed by atoms with Gasteiger partial charge in [-0.05, 0) is 17.7 Å². The summed E-state index contributed by atoms with van der Waals surface area (Å²) in [6.45, 7) is 0.502. The molecule has 2 rings (SSSR count). The number of benzene rings is 2. The van der Waals surface area contributed by atoms with Crippen molar-refractivity contribution in [2.45, 2.75) is 17.9 Å². The molecule has 0 heterocycles. The van der Waals surface area contributed by atoms with E-state index in [1.807, 2.05) is 30.3 Å². The normalized spacial score (nSPS) is 11.2. The SMILES string of the molecule is CN(Cc1ccccc1)C(=O)CCNS(=O)(=O)c1ccccc1Cl. The van der Waals surface area contributed by atoms with E-state index in [0.717, 1.165) is 5.56 Å². The van der Waals surface area contributed by atoms with E-state index < -0.39 is 10.0 Å². The molecule has 0 atom stereocenters. The lowest BCUT2D eigenvalue weighted by Gasteiger charge is -2.17. The van der Waals surface area contributed by atoms with Gasteiger partial charge in [-0.1, -0.05) is 54.1 Å². The molecule has 2 aromatic carbocycles. The van der Waals surface area contributed by atoms with Gasteiger partial charge >= 0.3 is 0 Å². The van der Waals surface area contributed by atoms with Crippen LogP contribution in [0.2, 0.25) is 5.02 Å². The molecule has 0 fully saturated rings. The van der Waals surface area contributed by atoms with E-state index in [9.17, 15) is 13.2 Å². The van der Waals surface area contributed by atoms with Gasteiger partial charge in [-0.3, -0.25) is 4.79 Å². The van der Waals surface area contributed by atoms with Gasteiger partial charge < -0.3 is 4.90 Å². The first-order chi connectivity index (χ1) is 11.4. The van der Waals surface area contributed by atoms with E-state index >= 15 is 0 Å². The number of halogens is 1. The third-order valence-corrected chi connectivity index (χ3v) is 5.41. The van der Waals surface area contributed by atoms with Crippen LogP contribution in [0.25, 0.3) is 0 Å². The van der Waals surface area contributed by atoms with Gasteiger partial charge in [-0.15, -0.1) is 0 Å². The maximum absolute atomic E-state index is 12.2. The Bertz CT molecular complexity index is 794. The smallest absolute Gasteiger partial charge is 0.242 e. The Morgan fingerprint density at radius 2 is 1.71 bits per heavy atom.